The molecule has 3 heterocycles. The minimum Gasteiger partial charge on any atom is -0.445 e. The number of carbonyl (C=O) groups excluding carboxylic acids is 11. The molecule has 534 valence electrons. The number of aromatic nitrogens is 4. The Morgan fingerprint density at radius 3 is 1.99 bits per heavy atom. The van der Waals surface area contributed by atoms with E-state index in [1.54, 1.807) is 89.6 Å². The Balaban J connectivity index is 1.18. The van der Waals surface area contributed by atoms with Crippen molar-refractivity contribution in [1.82, 2.24) is 66.8 Å². The van der Waals surface area contributed by atoms with E-state index in [4.69, 9.17) is 19.9 Å². The van der Waals surface area contributed by atoms with Crippen LogP contribution in [0.15, 0.2) is 66.7 Å². The van der Waals surface area contributed by atoms with E-state index < -0.39 is 114 Å². The highest BCUT2D eigenvalue weighted by atomic mass is 16.6. The molecule has 1 saturated heterocycles. The van der Waals surface area contributed by atoms with Crippen molar-refractivity contribution in [1.29, 1.82) is 0 Å². The second-order valence-electron chi connectivity index (χ2n) is 26.1. The summed E-state index contributed by atoms with van der Waals surface area (Å²) in [4.78, 5) is 153. The average molecular weight is 1350 g/mol. The molecule has 0 radical (unpaired) electrons. The number of anilines is 1. The third-order valence-corrected chi connectivity index (χ3v) is 18.0. The average Bonchev–Trinajstić information content (AvgIpc) is 1.80. The van der Waals surface area contributed by atoms with Crippen LogP contribution in [0.5, 0.6) is 0 Å². The van der Waals surface area contributed by atoms with E-state index in [2.05, 4.69) is 52.5 Å². The molecule has 1 aromatic heterocycles. The topological polar surface area (TPSA) is 381 Å². The number of amides is 12. The van der Waals surface area contributed by atoms with Crippen molar-refractivity contribution in [2.24, 2.45) is 35.3 Å². The number of nitrogens with two attached hydrogens (primary N) is 1. The van der Waals surface area contributed by atoms with Gasteiger partial charge in [0.15, 0.2) is 5.82 Å². The molecule has 0 saturated carbocycles. The van der Waals surface area contributed by atoms with Crippen molar-refractivity contribution >= 4 is 71.0 Å². The van der Waals surface area contributed by atoms with Gasteiger partial charge in [-0.3, -0.25) is 53.0 Å². The number of nitrogens with one attached hydrogen (secondary N) is 7. The van der Waals surface area contributed by atoms with Gasteiger partial charge < -0.3 is 61.6 Å². The van der Waals surface area contributed by atoms with E-state index in [0.717, 1.165) is 10.5 Å². The highest BCUT2D eigenvalue weighted by molar-refractivity contribution is 6.12. The number of likely N-dealkylation sites (N-methyl/N-ethyl adjacent to an activating group) is 2. The van der Waals surface area contributed by atoms with Gasteiger partial charge in [0.25, 0.3) is 11.8 Å². The number of imide groups is 1. The van der Waals surface area contributed by atoms with Gasteiger partial charge in [0.1, 0.15) is 30.8 Å². The van der Waals surface area contributed by atoms with Crippen molar-refractivity contribution in [2.45, 2.75) is 194 Å². The minimum atomic E-state index is -1.11. The van der Waals surface area contributed by atoms with Gasteiger partial charge >= 0.3 is 12.1 Å². The molecule has 2 aliphatic rings. The normalized spacial score (nSPS) is 16.9. The van der Waals surface area contributed by atoms with E-state index in [1.807, 2.05) is 44.2 Å². The van der Waals surface area contributed by atoms with Crippen LogP contribution < -0.4 is 37.6 Å². The van der Waals surface area contributed by atoms with Crippen molar-refractivity contribution in [3.8, 4) is 0 Å². The number of methoxy groups -OCH3 is 2. The lowest BCUT2D eigenvalue weighted by Crippen LogP contribution is -2.60. The summed E-state index contributed by atoms with van der Waals surface area (Å²) in [5.74, 6) is -5.71. The number of benzene rings is 2. The van der Waals surface area contributed by atoms with Gasteiger partial charge in [0, 0.05) is 78.6 Å². The molecule has 97 heavy (non-hydrogen) atoms. The van der Waals surface area contributed by atoms with Crippen LogP contribution in [0.3, 0.4) is 0 Å². The lowest BCUT2D eigenvalue weighted by molar-refractivity contribution is -0.148. The highest BCUT2D eigenvalue weighted by Crippen LogP contribution is 2.31. The number of urea groups is 1. The summed E-state index contributed by atoms with van der Waals surface area (Å²) in [7, 11) is 6.10. The molecule has 2 aromatic carbocycles. The smallest absolute Gasteiger partial charge is 0.410 e. The number of nitrogens with zero attached hydrogens (tertiary/aromatic N) is 7. The van der Waals surface area contributed by atoms with Crippen molar-refractivity contribution < 1.29 is 67.0 Å². The Bertz CT molecular complexity index is 3110. The zero-order valence-electron chi connectivity index (χ0n) is 58.5. The van der Waals surface area contributed by atoms with Gasteiger partial charge in [-0.15, -0.1) is 10.2 Å². The quantitative estimate of drug-likeness (QED) is 0.0289. The van der Waals surface area contributed by atoms with Gasteiger partial charge in [0.05, 0.1) is 42.7 Å². The number of primary amides is 1. The van der Waals surface area contributed by atoms with Gasteiger partial charge in [-0.2, -0.15) is 5.21 Å². The van der Waals surface area contributed by atoms with E-state index in [0.29, 0.717) is 68.6 Å². The van der Waals surface area contributed by atoms with Crippen LogP contribution in [0.2, 0.25) is 0 Å². The molecular formula is C68H103N15O14. The standard InChI is InChI=1S/C68H103N15O14/c1-14-43(8)59(51(95-12)38-55(87)82-36-22-26-50(82)60(96-13)44(9)62(88)73-49(61-76-78-79-77-61)37-45-23-17-15-18-24-45)80(10)66(92)57(41(4)5)75-65(91)58(42(6)7)81(11)68(94)97-39-46-28-30-47(31-29-46)71-63(89)48(25-21-34-70-67(69)93)72-64(90)56(40(2)3)74-52(84)27-19-16-20-35-83-53(85)32-33-54(83)86/h15,17-18,23-24,28-33,40-44,48-51,56-60H,14,16,19-22,25-27,34-39H2,1-13H3,(H,71,89)(H,72,90)(H,73,88)(H,74,84)(H,75,91)(H3,69,70,93)(H,76,77,78,79)/t43-,44+,48-,49-,50?,51+,56-,57-,58?,59-,60+/m0/s1. The Labute approximate surface area is 568 Å². The third kappa shape index (κ3) is 23.2. The molecule has 2 aliphatic heterocycles. The first-order chi connectivity index (χ1) is 46.1. The first-order valence-electron chi connectivity index (χ1n) is 33.6. The van der Waals surface area contributed by atoms with Crippen LogP contribution in [-0.2, 0) is 70.4 Å². The van der Waals surface area contributed by atoms with Crippen molar-refractivity contribution in [3.05, 3.63) is 83.7 Å². The zero-order valence-corrected chi connectivity index (χ0v) is 58.5. The number of tetrazole rings is 1. The summed E-state index contributed by atoms with van der Waals surface area (Å²) in [5.41, 5.74) is 7.07. The molecule has 3 aromatic rings. The van der Waals surface area contributed by atoms with Crippen LogP contribution >= 0.6 is 0 Å². The summed E-state index contributed by atoms with van der Waals surface area (Å²) < 4.78 is 17.9. The second kappa shape index (κ2) is 38.8. The fraction of sp³-hybridized carbons (Fsp3) is 0.618. The molecule has 0 bridgehead atoms. The predicted molar refractivity (Wildman–Crippen MR) is 360 cm³/mol. The fourth-order valence-electron chi connectivity index (χ4n) is 12.4. The Morgan fingerprint density at radius 2 is 1.40 bits per heavy atom. The van der Waals surface area contributed by atoms with Crippen LogP contribution in [-0.4, -0.2) is 202 Å². The van der Waals surface area contributed by atoms with E-state index in [-0.39, 0.29) is 80.8 Å². The van der Waals surface area contributed by atoms with Crippen molar-refractivity contribution in [2.75, 3.05) is 53.3 Å². The molecule has 9 N–H and O–H groups in total. The number of ether oxygens (including phenoxy) is 3. The lowest BCUT2D eigenvalue weighted by Gasteiger charge is -2.41. The first-order valence-corrected chi connectivity index (χ1v) is 33.6. The Morgan fingerprint density at radius 1 is 0.732 bits per heavy atom. The summed E-state index contributed by atoms with van der Waals surface area (Å²) in [5, 5.41) is 31.3. The molecule has 2 unspecified atom stereocenters. The minimum absolute atomic E-state index is 0.0834. The molecule has 11 atom stereocenters. The summed E-state index contributed by atoms with van der Waals surface area (Å²) in [6.45, 7) is 16.9. The number of aromatic amines is 1. The number of carbonyl (C=O) groups is 11. The van der Waals surface area contributed by atoms with Gasteiger partial charge in [-0.1, -0.05) is 123 Å². The van der Waals surface area contributed by atoms with E-state index in [9.17, 15) is 52.7 Å². The summed E-state index contributed by atoms with van der Waals surface area (Å²) in [6.07, 6.45) is 4.26. The molecule has 0 aliphatic carbocycles. The maximum absolute atomic E-state index is 14.9. The maximum Gasteiger partial charge on any atom is 0.410 e. The van der Waals surface area contributed by atoms with Crippen LogP contribution in [0, 0.1) is 29.6 Å². The van der Waals surface area contributed by atoms with E-state index in [1.165, 1.54) is 38.3 Å². The number of likely N-dealkylation sites (tertiary alicyclic amines) is 1. The van der Waals surface area contributed by atoms with Gasteiger partial charge in [-0.25, -0.2) is 9.59 Å². The third-order valence-electron chi connectivity index (χ3n) is 18.0. The molecule has 5 rings (SSSR count). The molecular weight excluding hydrogens is 1250 g/mol. The summed E-state index contributed by atoms with van der Waals surface area (Å²) >= 11 is 0. The molecule has 12 amide bonds. The number of hydrogen-bond donors (Lipinski definition) is 8. The molecule has 0 spiro atoms. The largest absolute Gasteiger partial charge is 0.445 e. The van der Waals surface area contributed by atoms with Crippen LogP contribution in [0.4, 0.5) is 15.3 Å². The molecule has 1 fully saturated rings. The molecule has 29 heteroatoms. The lowest BCUT2D eigenvalue weighted by atomic mass is 9.89. The van der Waals surface area contributed by atoms with Crippen molar-refractivity contribution in [3.63, 3.8) is 0 Å². The van der Waals surface area contributed by atoms with Gasteiger partial charge in [-0.05, 0) is 85.5 Å². The molecule has 29 nitrogen and oxygen atoms in total. The Hall–Kier alpha value is -8.86. The fourth-order valence-corrected chi connectivity index (χ4v) is 12.4. The van der Waals surface area contributed by atoms with E-state index >= 15 is 0 Å². The van der Waals surface area contributed by atoms with Crippen LogP contribution in [0.25, 0.3) is 0 Å². The number of hydrogen-bond acceptors (Lipinski definition) is 17. The number of unbranched alkanes of at least 4 members (excludes halogenated alkanes) is 2. The number of H-pyrrole nitrogens is 1. The summed E-state index contributed by atoms with van der Waals surface area (Å²) in [6, 6.07) is 9.30. The monoisotopic (exact) mass is 1350 g/mol. The SMILES string of the molecule is CC[C@H](C)[C@@H]([C@@H](CC(=O)N1CCCC1[C@H](OC)[C@@H](C)C(=O)N[C@@H](Cc1ccccc1)c1nn[nH]n1)OC)N(C)C(=O)[C@@H](NC(=O)C(C(C)C)N(C)C(=O)OCc1ccc(NC(=O)[C@H](CCCNC(N)=O)NC(=O)[C@@H](NC(=O)CCCCCN2C(=O)C=CC2=O)C(C)C)cc1)C(C)C. The predicted octanol–water partition coefficient (Wildman–Crippen LogP) is 4.45. The number of rotatable bonds is 39. The van der Waals surface area contributed by atoms with Crippen LogP contribution in [0.1, 0.15) is 150 Å². The Kier molecular flexibility index (Phi) is 31.5. The maximum atomic E-state index is 14.9. The second-order valence-corrected chi connectivity index (χ2v) is 26.1. The highest BCUT2D eigenvalue weighted by Gasteiger charge is 2.44. The first kappa shape index (κ1) is 78.8. The zero-order chi connectivity index (χ0) is 71.6. The van der Waals surface area contributed by atoms with Gasteiger partial charge in [0.2, 0.25) is 41.4 Å².